The number of benzene rings is 1. The van der Waals surface area contributed by atoms with Gasteiger partial charge in [0, 0.05) is 10.9 Å². The Morgan fingerprint density at radius 3 is 2.48 bits per heavy atom. The molecule has 0 saturated heterocycles. The molecule has 0 aliphatic heterocycles. The third-order valence-corrected chi connectivity index (χ3v) is 5.09. The molecule has 4 nitrogen and oxygen atoms in total. The van der Waals surface area contributed by atoms with Gasteiger partial charge in [0.15, 0.2) is 0 Å². The second-order valence-electron chi connectivity index (χ2n) is 4.20. The maximum atomic E-state index is 11.7. The van der Waals surface area contributed by atoms with Gasteiger partial charge in [0.2, 0.25) is 5.91 Å². The number of hydrogen-bond donors (Lipinski definition) is 2. The maximum Gasteiger partial charge on any atom is 0.279 e. The van der Waals surface area contributed by atoms with Gasteiger partial charge in [-0.3, -0.25) is 20.4 Å². The van der Waals surface area contributed by atoms with Gasteiger partial charge in [-0.05, 0) is 46.1 Å². The fraction of sp³-hybridized carbons (Fsp3) is 0.143. The molecule has 2 amide bonds. The van der Waals surface area contributed by atoms with Crippen LogP contribution in [0.4, 0.5) is 0 Å². The molecule has 7 heteroatoms. The van der Waals surface area contributed by atoms with Gasteiger partial charge in [-0.1, -0.05) is 34.1 Å². The Hall–Kier alpha value is -1.18. The summed E-state index contributed by atoms with van der Waals surface area (Å²) in [5.74, 6) is -0.547. The molecular formula is C14H12Br2N2O2S. The summed E-state index contributed by atoms with van der Waals surface area (Å²) in [7, 11) is 0. The van der Waals surface area contributed by atoms with Gasteiger partial charge in [0.05, 0.1) is 8.66 Å². The van der Waals surface area contributed by atoms with Gasteiger partial charge in [0.1, 0.15) is 0 Å². The quantitative estimate of drug-likeness (QED) is 0.725. The van der Waals surface area contributed by atoms with E-state index in [1.54, 1.807) is 12.1 Å². The van der Waals surface area contributed by atoms with E-state index in [2.05, 4.69) is 42.7 Å². The molecule has 1 heterocycles. The Morgan fingerprint density at radius 1 is 1.05 bits per heavy atom. The van der Waals surface area contributed by atoms with Crippen LogP contribution in [0.15, 0.2) is 44.7 Å². The first-order chi connectivity index (χ1) is 10.1. The molecule has 2 rings (SSSR count). The van der Waals surface area contributed by atoms with E-state index in [1.165, 1.54) is 11.3 Å². The lowest BCUT2D eigenvalue weighted by molar-refractivity contribution is -0.121. The molecule has 0 atom stereocenters. The van der Waals surface area contributed by atoms with E-state index in [0.717, 1.165) is 13.8 Å². The summed E-state index contributed by atoms with van der Waals surface area (Å²) in [5.41, 5.74) is 5.88. The van der Waals surface area contributed by atoms with Crippen molar-refractivity contribution in [3.8, 4) is 0 Å². The summed E-state index contributed by atoms with van der Waals surface area (Å²) in [6.45, 7) is 0. The highest BCUT2D eigenvalue weighted by molar-refractivity contribution is 9.11. The van der Waals surface area contributed by atoms with E-state index in [-0.39, 0.29) is 11.8 Å². The number of halogens is 2. The Bertz CT molecular complexity index is 658. The minimum atomic E-state index is -0.319. The van der Waals surface area contributed by atoms with Crippen molar-refractivity contribution in [2.75, 3.05) is 0 Å². The minimum absolute atomic E-state index is 0.227. The Balaban J connectivity index is 1.78. The van der Waals surface area contributed by atoms with Crippen molar-refractivity contribution < 1.29 is 9.59 Å². The van der Waals surface area contributed by atoms with Crippen molar-refractivity contribution in [2.45, 2.75) is 12.8 Å². The molecule has 0 aliphatic rings. The second-order valence-corrected chi connectivity index (χ2v) is 7.51. The van der Waals surface area contributed by atoms with Gasteiger partial charge in [0.25, 0.3) is 5.91 Å². The molecule has 0 fully saturated rings. The second kappa shape index (κ2) is 7.72. The fourth-order valence-corrected chi connectivity index (χ4v) is 3.40. The molecule has 0 unspecified atom stereocenters. The van der Waals surface area contributed by atoms with Crippen LogP contribution < -0.4 is 10.9 Å². The maximum absolute atomic E-state index is 11.7. The lowest BCUT2D eigenvalue weighted by Crippen LogP contribution is -2.41. The average molecular weight is 432 g/mol. The van der Waals surface area contributed by atoms with Crippen molar-refractivity contribution in [3.05, 3.63) is 55.1 Å². The van der Waals surface area contributed by atoms with Gasteiger partial charge >= 0.3 is 0 Å². The number of hydrogen-bond acceptors (Lipinski definition) is 3. The monoisotopic (exact) mass is 430 g/mol. The normalized spacial score (nSPS) is 10.2. The fourth-order valence-electron chi connectivity index (χ4n) is 1.64. The van der Waals surface area contributed by atoms with Gasteiger partial charge in [-0.15, -0.1) is 11.3 Å². The zero-order valence-electron chi connectivity index (χ0n) is 10.9. The topological polar surface area (TPSA) is 58.2 Å². The van der Waals surface area contributed by atoms with Crippen molar-refractivity contribution in [1.29, 1.82) is 0 Å². The third kappa shape index (κ3) is 4.94. The molecule has 2 aromatic rings. The number of carbonyl (C=O) groups excluding carboxylic acids is 2. The Labute approximate surface area is 143 Å². The number of thiophene rings is 1. The summed E-state index contributed by atoms with van der Waals surface area (Å²) in [4.78, 5) is 24.0. The zero-order chi connectivity index (χ0) is 15.2. The molecule has 0 bridgehead atoms. The lowest BCUT2D eigenvalue weighted by atomic mass is 10.1. The van der Waals surface area contributed by atoms with Crippen molar-refractivity contribution in [3.63, 3.8) is 0 Å². The highest BCUT2D eigenvalue weighted by Gasteiger charge is 2.10. The van der Waals surface area contributed by atoms with Crippen LogP contribution in [-0.2, 0) is 11.2 Å². The number of rotatable bonds is 4. The number of nitrogens with one attached hydrogen (secondary N) is 2. The number of hydrazine groups is 1. The van der Waals surface area contributed by atoms with Crippen molar-refractivity contribution >= 4 is 55.0 Å². The van der Waals surface area contributed by atoms with Crippen LogP contribution in [0, 0.1) is 0 Å². The van der Waals surface area contributed by atoms with E-state index in [0.29, 0.717) is 17.7 Å². The first-order valence-electron chi connectivity index (χ1n) is 6.14. The summed E-state index contributed by atoms with van der Waals surface area (Å²) in [6, 6.07) is 11.2. The molecule has 0 aliphatic carbocycles. The summed E-state index contributed by atoms with van der Waals surface area (Å²) < 4.78 is 1.85. The lowest BCUT2D eigenvalue weighted by Gasteiger charge is -2.07. The van der Waals surface area contributed by atoms with Crippen molar-refractivity contribution in [1.82, 2.24) is 10.9 Å². The molecule has 110 valence electrons. The van der Waals surface area contributed by atoms with E-state index < -0.39 is 0 Å². The standard InChI is InChI=1S/C14H12Br2N2O2S/c15-10-4-2-1-3-9(10)5-8-13(19)17-18-14(20)11-6-7-12(16)21-11/h1-4,6-7H,5,8H2,(H,17,19)(H,18,20). The smallest absolute Gasteiger partial charge is 0.273 e. The van der Waals surface area contributed by atoms with Crippen molar-refractivity contribution in [2.24, 2.45) is 0 Å². The summed E-state index contributed by atoms with van der Waals surface area (Å²) in [5, 5.41) is 0. The molecule has 21 heavy (non-hydrogen) atoms. The van der Waals surface area contributed by atoms with Crippen LogP contribution in [0.1, 0.15) is 21.7 Å². The van der Waals surface area contributed by atoms with Crippen LogP contribution in [0.3, 0.4) is 0 Å². The van der Waals surface area contributed by atoms with Gasteiger partial charge in [-0.25, -0.2) is 0 Å². The van der Waals surface area contributed by atoms with Crippen LogP contribution >= 0.6 is 43.2 Å². The van der Waals surface area contributed by atoms with Crippen LogP contribution in [0.2, 0.25) is 0 Å². The molecule has 0 saturated carbocycles. The molecule has 1 aromatic heterocycles. The first-order valence-corrected chi connectivity index (χ1v) is 8.54. The number of amides is 2. The highest BCUT2D eigenvalue weighted by Crippen LogP contribution is 2.21. The van der Waals surface area contributed by atoms with E-state index in [4.69, 9.17) is 0 Å². The number of aryl methyl sites for hydroxylation is 1. The molecular weight excluding hydrogens is 420 g/mol. The minimum Gasteiger partial charge on any atom is -0.273 e. The van der Waals surface area contributed by atoms with Gasteiger partial charge in [-0.2, -0.15) is 0 Å². The highest BCUT2D eigenvalue weighted by atomic mass is 79.9. The van der Waals surface area contributed by atoms with E-state index >= 15 is 0 Å². The summed E-state index contributed by atoms with van der Waals surface area (Å²) >= 11 is 8.03. The van der Waals surface area contributed by atoms with Crippen LogP contribution in [-0.4, -0.2) is 11.8 Å². The zero-order valence-corrected chi connectivity index (χ0v) is 14.8. The summed E-state index contributed by atoms with van der Waals surface area (Å²) in [6.07, 6.45) is 0.907. The SMILES string of the molecule is O=C(CCc1ccccc1Br)NNC(=O)c1ccc(Br)s1. The van der Waals surface area contributed by atoms with Gasteiger partial charge < -0.3 is 0 Å². The third-order valence-electron chi connectivity index (χ3n) is 2.69. The Morgan fingerprint density at radius 2 is 1.81 bits per heavy atom. The molecule has 0 spiro atoms. The molecule has 1 aromatic carbocycles. The van der Waals surface area contributed by atoms with Crippen LogP contribution in [0.5, 0.6) is 0 Å². The predicted molar refractivity (Wildman–Crippen MR) is 90.1 cm³/mol. The molecule has 0 radical (unpaired) electrons. The van der Waals surface area contributed by atoms with E-state index in [1.807, 2.05) is 24.3 Å². The van der Waals surface area contributed by atoms with Crippen LogP contribution in [0.25, 0.3) is 0 Å². The molecule has 2 N–H and O–H groups in total. The Kier molecular flexibility index (Phi) is 5.96. The first kappa shape index (κ1) is 16.2. The van der Waals surface area contributed by atoms with E-state index in [9.17, 15) is 9.59 Å². The number of carbonyl (C=O) groups is 2. The largest absolute Gasteiger partial charge is 0.279 e. The average Bonchev–Trinajstić information content (AvgIpc) is 2.90. The predicted octanol–water partition coefficient (Wildman–Crippen LogP) is 3.67.